The van der Waals surface area contributed by atoms with E-state index in [-0.39, 0.29) is 42.1 Å². The minimum Gasteiger partial charge on any atom is -0.465 e. The fraction of sp³-hybridized carbons (Fsp3) is 0.933. The van der Waals surface area contributed by atoms with Crippen LogP contribution in [0.4, 0.5) is 4.79 Å². The van der Waals surface area contributed by atoms with Crippen molar-refractivity contribution in [3.8, 4) is 0 Å². The van der Waals surface area contributed by atoms with Crippen LogP contribution in [0.1, 0.15) is 92.4 Å². The van der Waals surface area contributed by atoms with Gasteiger partial charge in [-0.3, -0.25) is 4.79 Å². The Bertz CT molecular complexity index is 820. The topological polar surface area (TPSA) is 105 Å². The fourth-order valence-corrected chi connectivity index (χ4v) is 9.88. The first kappa shape index (κ1) is 28.7. The predicted octanol–water partition coefficient (Wildman–Crippen LogP) is 4.93. The smallest absolute Gasteiger partial charge is 0.407 e. The van der Waals surface area contributed by atoms with E-state index in [2.05, 4.69) is 33.0 Å². The van der Waals surface area contributed by atoms with Crippen LogP contribution >= 0.6 is 0 Å². The van der Waals surface area contributed by atoms with Gasteiger partial charge in [-0.2, -0.15) is 0 Å². The molecular weight excluding hydrogens is 470 g/mol. The maximum absolute atomic E-state index is 12.0. The summed E-state index contributed by atoms with van der Waals surface area (Å²) in [5.41, 5.74) is 0.420. The third kappa shape index (κ3) is 5.28. The zero-order chi connectivity index (χ0) is 27.0. The Hall–Kier alpha value is -1.34. The maximum atomic E-state index is 12.0. The number of rotatable bonds is 8. The summed E-state index contributed by atoms with van der Waals surface area (Å²) in [7, 11) is 0. The number of aliphatic hydroxyl groups is 2. The molecule has 0 saturated heterocycles. The first-order chi connectivity index (χ1) is 17.6. The van der Waals surface area contributed by atoms with E-state index in [0.29, 0.717) is 42.1 Å². The highest BCUT2D eigenvalue weighted by Gasteiger charge is 2.64. The number of esters is 1. The second-order valence-corrected chi connectivity index (χ2v) is 13.2. The molecule has 37 heavy (non-hydrogen) atoms. The van der Waals surface area contributed by atoms with Gasteiger partial charge in [-0.25, -0.2) is 4.79 Å². The van der Waals surface area contributed by atoms with Gasteiger partial charge in [0, 0.05) is 0 Å². The quantitative estimate of drug-likeness (QED) is 0.391. The van der Waals surface area contributed by atoms with Gasteiger partial charge in [-0.15, -0.1) is 0 Å². The molecule has 0 radical (unpaired) electrons. The molecule has 0 aliphatic heterocycles. The molecule has 212 valence electrons. The number of carbonyl (C=O) groups is 2. The Morgan fingerprint density at radius 2 is 1.68 bits per heavy atom. The van der Waals surface area contributed by atoms with Gasteiger partial charge in [0.15, 0.2) is 0 Å². The summed E-state index contributed by atoms with van der Waals surface area (Å²) in [5.74, 6) is 2.63. The highest BCUT2D eigenvalue weighted by molar-refractivity contribution is 5.77. The SMILES string of the molecule is CCOC(=O)CNC(=O)OCC[C@@H](C)C1CC[C@H]2C3[C@H](O)[C@H](CC)[C@@H]4C[C@H](O)CC[C@]4(C)[C@H]3CC[C@]12C. The Kier molecular flexibility index (Phi) is 8.84. The van der Waals surface area contributed by atoms with Gasteiger partial charge in [-0.05, 0) is 111 Å². The lowest BCUT2D eigenvalue weighted by atomic mass is 9.41. The van der Waals surface area contributed by atoms with Gasteiger partial charge in [-0.1, -0.05) is 34.1 Å². The summed E-state index contributed by atoms with van der Waals surface area (Å²) in [5, 5.41) is 24.8. The monoisotopic (exact) mass is 521 g/mol. The summed E-state index contributed by atoms with van der Waals surface area (Å²) in [4.78, 5) is 23.4. The van der Waals surface area contributed by atoms with E-state index in [1.807, 2.05) is 0 Å². The van der Waals surface area contributed by atoms with E-state index in [9.17, 15) is 19.8 Å². The molecule has 0 bridgehead atoms. The van der Waals surface area contributed by atoms with E-state index < -0.39 is 12.1 Å². The minimum absolute atomic E-state index is 0.174. The molecule has 0 heterocycles. The van der Waals surface area contributed by atoms with Crippen LogP contribution in [-0.4, -0.2) is 54.2 Å². The molecule has 0 spiro atoms. The molecule has 0 aromatic carbocycles. The maximum Gasteiger partial charge on any atom is 0.407 e. The van der Waals surface area contributed by atoms with Crippen LogP contribution in [0.5, 0.6) is 0 Å². The summed E-state index contributed by atoms with van der Waals surface area (Å²) in [6.45, 7) is 11.6. The molecule has 4 aliphatic carbocycles. The fourth-order valence-electron chi connectivity index (χ4n) is 9.88. The molecule has 0 aromatic rings. The van der Waals surface area contributed by atoms with Crippen molar-refractivity contribution >= 4 is 12.1 Å². The zero-order valence-electron chi connectivity index (χ0n) is 23.7. The lowest BCUT2D eigenvalue weighted by Gasteiger charge is -2.64. The average molecular weight is 522 g/mol. The number of fused-ring (bicyclic) bond motifs is 5. The third-order valence-electron chi connectivity index (χ3n) is 11.6. The Labute approximate surface area is 223 Å². The van der Waals surface area contributed by atoms with Gasteiger partial charge in [0.05, 0.1) is 25.4 Å². The summed E-state index contributed by atoms with van der Waals surface area (Å²) in [6, 6.07) is 0. The molecule has 4 saturated carbocycles. The first-order valence-electron chi connectivity index (χ1n) is 15.0. The molecular formula is C30H51NO6. The Morgan fingerprint density at radius 3 is 2.38 bits per heavy atom. The van der Waals surface area contributed by atoms with Crippen molar-refractivity contribution in [1.82, 2.24) is 5.32 Å². The van der Waals surface area contributed by atoms with E-state index in [0.717, 1.165) is 32.1 Å². The standard InChI is InChI=1S/C30H51NO6/c1-6-20-24-16-19(32)10-13-30(24,5)23-11-14-29(4)21(8-9-22(29)26(23)27(20)34)18(3)12-15-37-28(35)31-17-25(33)36-7-2/h18-24,26-27,32,34H,6-17H2,1-5H3,(H,31,35)/t18-,19-,20-,21?,22+,23+,24+,26?,27-,29-,30-/m1/s1. The number of hydrogen-bond donors (Lipinski definition) is 3. The van der Waals surface area contributed by atoms with Crippen molar-refractivity contribution in [2.75, 3.05) is 19.8 Å². The number of amides is 1. The van der Waals surface area contributed by atoms with Crippen molar-refractivity contribution < 1.29 is 29.3 Å². The second kappa shape index (κ2) is 11.4. The lowest BCUT2D eigenvalue weighted by Crippen LogP contribution is -2.62. The van der Waals surface area contributed by atoms with Crippen LogP contribution in [0, 0.1) is 52.3 Å². The summed E-state index contributed by atoms with van der Waals surface area (Å²) in [6.07, 6.45) is 8.26. The number of ether oxygens (including phenoxy) is 2. The van der Waals surface area contributed by atoms with E-state index in [1.165, 1.54) is 25.7 Å². The molecule has 4 rings (SSSR count). The van der Waals surface area contributed by atoms with Crippen LogP contribution in [0.2, 0.25) is 0 Å². The van der Waals surface area contributed by atoms with Crippen molar-refractivity contribution in [2.24, 2.45) is 52.3 Å². The van der Waals surface area contributed by atoms with Gasteiger partial charge < -0.3 is 25.0 Å². The number of hydrogen-bond acceptors (Lipinski definition) is 6. The van der Waals surface area contributed by atoms with Crippen LogP contribution in [0.15, 0.2) is 0 Å². The number of alkyl carbamates (subject to hydrolysis) is 1. The average Bonchev–Trinajstić information content (AvgIpc) is 3.21. The van der Waals surface area contributed by atoms with Crippen LogP contribution in [-0.2, 0) is 14.3 Å². The number of nitrogens with one attached hydrogen (secondary N) is 1. The zero-order valence-corrected chi connectivity index (χ0v) is 23.7. The highest BCUT2D eigenvalue weighted by atomic mass is 16.6. The molecule has 7 heteroatoms. The Balaban J connectivity index is 1.39. The van der Waals surface area contributed by atoms with E-state index >= 15 is 0 Å². The van der Waals surface area contributed by atoms with E-state index in [4.69, 9.17) is 9.47 Å². The van der Waals surface area contributed by atoms with Gasteiger partial charge >= 0.3 is 12.1 Å². The largest absolute Gasteiger partial charge is 0.465 e. The number of carbonyl (C=O) groups excluding carboxylic acids is 2. The molecule has 11 atom stereocenters. The summed E-state index contributed by atoms with van der Waals surface area (Å²) >= 11 is 0. The first-order valence-corrected chi connectivity index (χ1v) is 15.0. The van der Waals surface area contributed by atoms with Crippen LogP contribution < -0.4 is 5.32 Å². The van der Waals surface area contributed by atoms with Crippen molar-refractivity contribution in [3.05, 3.63) is 0 Å². The molecule has 0 aromatic heterocycles. The molecule has 2 unspecified atom stereocenters. The second-order valence-electron chi connectivity index (χ2n) is 13.2. The van der Waals surface area contributed by atoms with Gasteiger partial charge in [0.25, 0.3) is 0 Å². The van der Waals surface area contributed by atoms with Crippen LogP contribution in [0.3, 0.4) is 0 Å². The number of aliphatic hydroxyl groups excluding tert-OH is 2. The normalized spacial score (nSPS) is 43.6. The molecule has 4 aliphatic rings. The predicted molar refractivity (Wildman–Crippen MR) is 142 cm³/mol. The molecule has 3 N–H and O–H groups in total. The third-order valence-corrected chi connectivity index (χ3v) is 11.6. The highest BCUT2D eigenvalue weighted by Crippen LogP contribution is 2.69. The molecule has 7 nitrogen and oxygen atoms in total. The Morgan fingerprint density at radius 1 is 0.973 bits per heavy atom. The minimum atomic E-state index is -0.576. The lowest BCUT2D eigenvalue weighted by molar-refractivity contribution is -0.203. The van der Waals surface area contributed by atoms with Gasteiger partial charge in [0.1, 0.15) is 6.54 Å². The molecule has 4 fully saturated rings. The van der Waals surface area contributed by atoms with Crippen molar-refractivity contribution in [3.63, 3.8) is 0 Å². The van der Waals surface area contributed by atoms with Crippen molar-refractivity contribution in [2.45, 2.75) is 105 Å². The molecule has 1 amide bonds. The van der Waals surface area contributed by atoms with E-state index in [1.54, 1.807) is 6.92 Å². The van der Waals surface area contributed by atoms with Crippen LogP contribution in [0.25, 0.3) is 0 Å². The summed E-state index contributed by atoms with van der Waals surface area (Å²) < 4.78 is 10.2. The van der Waals surface area contributed by atoms with Gasteiger partial charge in [0.2, 0.25) is 0 Å². The van der Waals surface area contributed by atoms with Crippen molar-refractivity contribution in [1.29, 1.82) is 0 Å².